The highest BCUT2D eigenvalue weighted by Crippen LogP contribution is 2.28. The van der Waals surface area contributed by atoms with E-state index in [0.717, 1.165) is 27.6 Å². The highest BCUT2D eigenvalue weighted by atomic mass is 32.1. The van der Waals surface area contributed by atoms with E-state index in [1.54, 1.807) is 30.8 Å². The van der Waals surface area contributed by atoms with Crippen LogP contribution in [0.2, 0.25) is 0 Å². The molecule has 5 heteroatoms. The van der Waals surface area contributed by atoms with Gasteiger partial charge in [-0.2, -0.15) is 0 Å². The van der Waals surface area contributed by atoms with Gasteiger partial charge in [0.25, 0.3) is 0 Å². The first kappa shape index (κ1) is 14.7. The fraction of sp³-hybridized carbons (Fsp3) is 0.176. The topological polar surface area (TPSA) is 61.0 Å². The van der Waals surface area contributed by atoms with Gasteiger partial charge >= 0.3 is 0 Å². The Bertz CT molecular complexity index is 742. The summed E-state index contributed by atoms with van der Waals surface area (Å²) in [4.78, 5) is 8.70. The fourth-order valence-electron chi connectivity index (χ4n) is 2.33. The van der Waals surface area contributed by atoms with E-state index in [2.05, 4.69) is 15.3 Å². The predicted molar refractivity (Wildman–Crippen MR) is 89.0 cm³/mol. The van der Waals surface area contributed by atoms with E-state index in [0.29, 0.717) is 6.42 Å². The Morgan fingerprint density at radius 1 is 1.18 bits per heavy atom. The van der Waals surface area contributed by atoms with Gasteiger partial charge in [0.2, 0.25) is 0 Å². The van der Waals surface area contributed by atoms with Crippen molar-refractivity contribution in [2.45, 2.75) is 12.5 Å². The minimum absolute atomic E-state index is 0.132. The lowest BCUT2D eigenvalue weighted by Gasteiger charge is -2.14. The van der Waals surface area contributed by atoms with Crippen LogP contribution in [0.25, 0.3) is 11.3 Å². The minimum atomic E-state index is -0.132. The number of nitrogens with zero attached hydrogens (tertiary/aromatic N) is 2. The molecule has 0 aliphatic rings. The number of hydrogen-bond donors (Lipinski definition) is 1. The summed E-state index contributed by atoms with van der Waals surface area (Å²) in [6, 6.07) is 11.6. The third-order valence-electron chi connectivity index (χ3n) is 3.46. The lowest BCUT2D eigenvalue weighted by atomic mass is 10.0. The summed E-state index contributed by atoms with van der Waals surface area (Å²) in [5.41, 5.74) is 9.37. The molecule has 2 heterocycles. The van der Waals surface area contributed by atoms with Crippen molar-refractivity contribution in [1.29, 1.82) is 0 Å². The second-order valence-corrected chi connectivity index (χ2v) is 5.86. The molecule has 2 aromatic heterocycles. The van der Waals surface area contributed by atoms with Crippen LogP contribution in [0.15, 0.2) is 54.2 Å². The molecule has 0 saturated carbocycles. The molecule has 0 amide bonds. The van der Waals surface area contributed by atoms with Crippen LogP contribution in [0, 0.1) is 0 Å². The van der Waals surface area contributed by atoms with Crippen molar-refractivity contribution in [3.05, 3.63) is 64.7 Å². The van der Waals surface area contributed by atoms with Gasteiger partial charge in [0, 0.05) is 41.4 Å². The molecule has 0 spiro atoms. The highest BCUT2D eigenvalue weighted by molar-refractivity contribution is 7.09. The van der Waals surface area contributed by atoms with E-state index in [1.807, 2.05) is 36.4 Å². The van der Waals surface area contributed by atoms with E-state index in [9.17, 15) is 0 Å². The number of thiazole rings is 1. The summed E-state index contributed by atoms with van der Waals surface area (Å²) < 4.78 is 5.37. The Kier molecular flexibility index (Phi) is 4.46. The Morgan fingerprint density at radius 3 is 2.73 bits per heavy atom. The van der Waals surface area contributed by atoms with Crippen molar-refractivity contribution < 1.29 is 4.74 Å². The van der Waals surface area contributed by atoms with E-state index >= 15 is 0 Å². The maximum Gasteiger partial charge on any atom is 0.123 e. The molecule has 112 valence electrons. The number of para-hydroxylation sites is 1. The molecular formula is C17H17N3OS. The smallest absolute Gasteiger partial charge is 0.123 e. The van der Waals surface area contributed by atoms with Crippen LogP contribution in [0.3, 0.4) is 0 Å². The second-order valence-electron chi connectivity index (χ2n) is 4.91. The molecule has 0 fully saturated rings. The maximum atomic E-state index is 6.33. The largest absolute Gasteiger partial charge is 0.496 e. The summed E-state index contributed by atoms with van der Waals surface area (Å²) in [5.74, 6) is 0.820. The number of ether oxygens (including phenoxy) is 1. The van der Waals surface area contributed by atoms with Crippen molar-refractivity contribution >= 4 is 11.3 Å². The van der Waals surface area contributed by atoms with Gasteiger partial charge in [0.05, 0.1) is 17.8 Å². The van der Waals surface area contributed by atoms with Gasteiger partial charge in [-0.1, -0.05) is 18.2 Å². The molecule has 1 unspecified atom stereocenters. The average Bonchev–Trinajstić information content (AvgIpc) is 3.04. The summed E-state index contributed by atoms with van der Waals surface area (Å²) >= 11 is 1.63. The van der Waals surface area contributed by atoms with Gasteiger partial charge in [-0.05, 0) is 18.2 Å². The first-order valence-corrected chi connectivity index (χ1v) is 7.89. The van der Waals surface area contributed by atoms with Crippen LogP contribution < -0.4 is 10.5 Å². The number of methoxy groups -OCH3 is 1. The Hall–Kier alpha value is -2.24. The van der Waals surface area contributed by atoms with Crippen LogP contribution in [0.5, 0.6) is 5.75 Å². The number of benzene rings is 1. The Balaban J connectivity index is 1.78. The van der Waals surface area contributed by atoms with Crippen molar-refractivity contribution in [3.8, 4) is 17.0 Å². The lowest BCUT2D eigenvalue weighted by molar-refractivity contribution is 0.405. The summed E-state index contributed by atoms with van der Waals surface area (Å²) in [7, 11) is 1.66. The zero-order valence-electron chi connectivity index (χ0n) is 12.3. The van der Waals surface area contributed by atoms with Crippen LogP contribution in [-0.4, -0.2) is 17.1 Å². The minimum Gasteiger partial charge on any atom is -0.496 e. The van der Waals surface area contributed by atoms with Crippen molar-refractivity contribution in [2.75, 3.05) is 7.11 Å². The van der Waals surface area contributed by atoms with Crippen molar-refractivity contribution in [1.82, 2.24) is 9.97 Å². The van der Waals surface area contributed by atoms with Gasteiger partial charge in [-0.3, -0.25) is 4.98 Å². The van der Waals surface area contributed by atoms with Gasteiger partial charge in [-0.15, -0.1) is 11.3 Å². The molecule has 0 saturated heterocycles. The van der Waals surface area contributed by atoms with Gasteiger partial charge < -0.3 is 10.5 Å². The molecule has 0 radical (unpaired) electrons. The molecule has 22 heavy (non-hydrogen) atoms. The normalized spacial score (nSPS) is 12.1. The quantitative estimate of drug-likeness (QED) is 0.784. The SMILES string of the molecule is COc1ccccc1C(N)Cc1nc(-c2ccncc2)cs1. The zero-order valence-corrected chi connectivity index (χ0v) is 13.1. The van der Waals surface area contributed by atoms with E-state index in [-0.39, 0.29) is 6.04 Å². The summed E-state index contributed by atoms with van der Waals surface area (Å²) in [6.45, 7) is 0. The monoisotopic (exact) mass is 311 g/mol. The van der Waals surface area contributed by atoms with Gasteiger partial charge in [0.15, 0.2) is 0 Å². The molecule has 1 aromatic carbocycles. The summed E-state index contributed by atoms with van der Waals surface area (Å²) in [6.07, 6.45) is 4.24. The Morgan fingerprint density at radius 2 is 1.95 bits per heavy atom. The molecule has 3 rings (SSSR count). The maximum absolute atomic E-state index is 6.33. The third kappa shape index (κ3) is 3.16. The second kappa shape index (κ2) is 6.68. The number of hydrogen-bond acceptors (Lipinski definition) is 5. The van der Waals surface area contributed by atoms with Gasteiger partial charge in [-0.25, -0.2) is 4.98 Å². The third-order valence-corrected chi connectivity index (χ3v) is 4.33. The van der Waals surface area contributed by atoms with E-state index in [4.69, 9.17) is 10.5 Å². The van der Waals surface area contributed by atoms with Crippen LogP contribution >= 0.6 is 11.3 Å². The van der Waals surface area contributed by atoms with Crippen LogP contribution in [0.4, 0.5) is 0 Å². The Labute approximate surface area is 133 Å². The number of aromatic nitrogens is 2. The predicted octanol–water partition coefficient (Wildman–Crippen LogP) is 3.46. The molecule has 0 aliphatic heterocycles. The van der Waals surface area contributed by atoms with E-state index < -0.39 is 0 Å². The fourth-order valence-corrected chi connectivity index (χ4v) is 3.19. The molecule has 2 N–H and O–H groups in total. The first-order valence-electron chi connectivity index (χ1n) is 7.01. The molecule has 3 aromatic rings. The molecule has 0 bridgehead atoms. The molecule has 4 nitrogen and oxygen atoms in total. The first-order chi connectivity index (χ1) is 10.8. The van der Waals surface area contributed by atoms with Crippen molar-refractivity contribution in [2.24, 2.45) is 5.73 Å². The number of nitrogens with two attached hydrogens (primary N) is 1. The van der Waals surface area contributed by atoms with Gasteiger partial charge in [0.1, 0.15) is 5.75 Å². The van der Waals surface area contributed by atoms with Crippen LogP contribution in [0.1, 0.15) is 16.6 Å². The summed E-state index contributed by atoms with van der Waals surface area (Å²) in [5, 5.41) is 3.07. The van der Waals surface area contributed by atoms with Crippen LogP contribution in [-0.2, 0) is 6.42 Å². The molecule has 0 aliphatic carbocycles. The average molecular weight is 311 g/mol. The molecular weight excluding hydrogens is 294 g/mol. The lowest BCUT2D eigenvalue weighted by Crippen LogP contribution is -2.14. The highest BCUT2D eigenvalue weighted by Gasteiger charge is 2.14. The molecule has 1 atom stereocenters. The number of rotatable bonds is 5. The zero-order chi connectivity index (χ0) is 15.4. The van der Waals surface area contributed by atoms with Crippen molar-refractivity contribution in [3.63, 3.8) is 0 Å². The standard InChI is InChI=1S/C17H17N3OS/c1-21-16-5-3-2-4-13(16)14(18)10-17-20-15(11-22-17)12-6-8-19-9-7-12/h2-9,11,14H,10,18H2,1H3. The van der Waals surface area contributed by atoms with E-state index in [1.165, 1.54) is 0 Å². The number of pyridine rings is 1.